The molecule has 0 spiro atoms. The Kier molecular flexibility index (Phi) is 7.20. The van der Waals surface area contributed by atoms with Crippen molar-refractivity contribution in [2.75, 3.05) is 18.6 Å². The fourth-order valence-electron chi connectivity index (χ4n) is 3.22. The van der Waals surface area contributed by atoms with Crippen molar-refractivity contribution in [3.63, 3.8) is 0 Å². The number of hydrogen-bond donors (Lipinski definition) is 0. The average molecular weight is 426 g/mol. The Morgan fingerprint density at radius 3 is 1.81 bits per heavy atom. The van der Waals surface area contributed by atoms with Crippen LogP contribution in [0.2, 0.25) is 0 Å². The third kappa shape index (κ3) is 5.87. The molecule has 4 aromatic rings. The average Bonchev–Trinajstić information content (AvgIpc) is 2.85. The predicted molar refractivity (Wildman–Crippen MR) is 133 cm³/mol. The van der Waals surface area contributed by atoms with Crippen molar-refractivity contribution in [1.82, 2.24) is 0 Å². The number of benzene rings is 3. The van der Waals surface area contributed by atoms with Crippen LogP contribution < -0.4 is 4.74 Å². The molecule has 3 aromatic carbocycles. The molecule has 0 bridgehead atoms. The number of rotatable bonds is 8. The smallest absolute Gasteiger partial charge is 0.361 e. The molecular weight excluding hydrogens is 400 g/mol. The maximum absolute atomic E-state index is 6.25. The van der Waals surface area contributed by atoms with Crippen LogP contribution in [0.5, 0.6) is 5.75 Å². The maximum Gasteiger partial charge on any atom is 0.361 e. The van der Waals surface area contributed by atoms with Gasteiger partial charge in [-0.25, -0.2) is 4.42 Å². The summed E-state index contributed by atoms with van der Waals surface area (Å²) in [6.07, 6.45) is 6.32. The molecule has 0 aliphatic heterocycles. The Bertz CT molecular complexity index is 1060. The van der Waals surface area contributed by atoms with Gasteiger partial charge in [0.25, 0.3) is 0 Å². The molecule has 0 saturated heterocycles. The van der Waals surface area contributed by atoms with Crippen LogP contribution in [-0.4, -0.2) is 18.6 Å². The van der Waals surface area contributed by atoms with E-state index in [2.05, 4.69) is 66.9 Å². The van der Waals surface area contributed by atoms with E-state index in [-0.39, 0.29) is 0 Å². The number of hydrogen-bond acceptors (Lipinski definition) is 2. The topological polar surface area (TPSA) is 20.5 Å². The Labute approximate surface area is 188 Å². The zero-order valence-corrected chi connectivity index (χ0v) is 18.3. The third-order valence-corrected chi connectivity index (χ3v) is 5.41. The quantitative estimate of drug-likeness (QED) is 0.212. The van der Waals surface area contributed by atoms with E-state index in [1.54, 1.807) is 11.8 Å². The van der Waals surface area contributed by atoms with E-state index in [9.17, 15) is 0 Å². The monoisotopic (exact) mass is 425 g/mol. The molecule has 31 heavy (non-hydrogen) atoms. The molecule has 0 unspecified atom stereocenters. The van der Waals surface area contributed by atoms with Gasteiger partial charge in [-0.2, -0.15) is 11.8 Å². The first kappa shape index (κ1) is 21.0. The zero-order chi connectivity index (χ0) is 21.3. The highest BCUT2D eigenvalue weighted by atomic mass is 32.2. The summed E-state index contributed by atoms with van der Waals surface area (Å²) in [6, 6.07) is 32.8. The Morgan fingerprint density at radius 2 is 1.26 bits per heavy atom. The molecule has 154 valence electrons. The Balaban J connectivity index is 1.61. The van der Waals surface area contributed by atoms with Crippen molar-refractivity contribution >= 4 is 23.9 Å². The first-order valence-electron chi connectivity index (χ1n) is 10.3. The van der Waals surface area contributed by atoms with E-state index in [1.807, 2.05) is 48.5 Å². The van der Waals surface area contributed by atoms with Crippen LogP contribution in [0.4, 0.5) is 0 Å². The summed E-state index contributed by atoms with van der Waals surface area (Å²) in [7, 11) is 0. The van der Waals surface area contributed by atoms with E-state index in [4.69, 9.17) is 9.15 Å². The maximum atomic E-state index is 6.25. The predicted octanol–water partition coefficient (Wildman–Crippen LogP) is 7.81. The normalized spacial score (nSPS) is 11.0. The number of thioether (sulfide) groups is 1. The summed E-state index contributed by atoms with van der Waals surface area (Å²) in [5.74, 6) is 3.59. The van der Waals surface area contributed by atoms with Crippen molar-refractivity contribution in [3.8, 4) is 28.4 Å². The van der Waals surface area contributed by atoms with Crippen LogP contribution in [0.3, 0.4) is 0 Å². The van der Waals surface area contributed by atoms with Crippen LogP contribution in [0.1, 0.15) is 11.1 Å². The van der Waals surface area contributed by atoms with Gasteiger partial charge in [0.1, 0.15) is 5.75 Å². The fourth-order valence-corrected chi connectivity index (χ4v) is 3.47. The molecule has 2 nitrogen and oxygen atoms in total. The molecule has 0 amide bonds. The molecule has 1 aromatic heterocycles. The van der Waals surface area contributed by atoms with Crippen LogP contribution in [0, 0.1) is 0 Å². The van der Waals surface area contributed by atoms with Crippen molar-refractivity contribution in [3.05, 3.63) is 108 Å². The first-order valence-corrected chi connectivity index (χ1v) is 11.7. The van der Waals surface area contributed by atoms with E-state index < -0.39 is 0 Å². The second-order valence-corrected chi connectivity index (χ2v) is 8.08. The highest BCUT2D eigenvalue weighted by molar-refractivity contribution is 7.98. The summed E-state index contributed by atoms with van der Waals surface area (Å²) in [4.78, 5) is 0. The lowest BCUT2D eigenvalue weighted by Crippen LogP contribution is -1.99. The molecule has 0 fully saturated rings. The van der Waals surface area contributed by atoms with Gasteiger partial charge in [-0.1, -0.05) is 60.7 Å². The van der Waals surface area contributed by atoms with Gasteiger partial charge in [0.15, 0.2) is 0 Å². The summed E-state index contributed by atoms with van der Waals surface area (Å²) >= 11 is 1.78. The van der Waals surface area contributed by atoms with Crippen molar-refractivity contribution in [1.29, 1.82) is 0 Å². The van der Waals surface area contributed by atoms with Gasteiger partial charge in [-0.3, -0.25) is 0 Å². The first-order chi connectivity index (χ1) is 15.3. The second-order valence-electron chi connectivity index (χ2n) is 7.09. The minimum Gasteiger partial charge on any atom is -0.493 e. The van der Waals surface area contributed by atoms with Gasteiger partial charge in [0.05, 0.1) is 29.9 Å². The molecule has 0 aliphatic carbocycles. The third-order valence-electron chi connectivity index (χ3n) is 4.84. The van der Waals surface area contributed by atoms with Crippen molar-refractivity contribution in [2.45, 2.75) is 0 Å². The molecule has 0 aliphatic rings. The summed E-state index contributed by atoms with van der Waals surface area (Å²) in [5, 5.41) is 0. The molecule has 0 radical (unpaired) electrons. The zero-order valence-electron chi connectivity index (χ0n) is 17.5. The molecular formula is C28H25O2S+. The van der Waals surface area contributed by atoms with Gasteiger partial charge in [0, 0.05) is 5.75 Å². The SMILES string of the molecule is CSCCOc1ccc(/C=C/c2cc(-c3ccccc3)[o+]c(-c3ccccc3)c2)cc1. The molecule has 4 rings (SSSR count). The van der Waals surface area contributed by atoms with E-state index in [0.29, 0.717) is 0 Å². The highest BCUT2D eigenvalue weighted by Crippen LogP contribution is 2.29. The summed E-state index contributed by atoms with van der Waals surface area (Å²) in [5.41, 5.74) is 4.33. The van der Waals surface area contributed by atoms with Crippen molar-refractivity contribution < 1.29 is 9.15 Å². The summed E-state index contributed by atoms with van der Waals surface area (Å²) < 4.78 is 12.0. The summed E-state index contributed by atoms with van der Waals surface area (Å²) in [6.45, 7) is 0.731. The van der Waals surface area contributed by atoms with Crippen LogP contribution >= 0.6 is 11.8 Å². The van der Waals surface area contributed by atoms with E-state index in [0.717, 1.165) is 51.9 Å². The van der Waals surface area contributed by atoms with Gasteiger partial charge in [-0.05, 0) is 53.8 Å². The van der Waals surface area contributed by atoms with Crippen LogP contribution in [0.25, 0.3) is 34.8 Å². The van der Waals surface area contributed by atoms with Crippen LogP contribution in [-0.2, 0) is 0 Å². The van der Waals surface area contributed by atoms with Gasteiger partial charge in [0.2, 0.25) is 0 Å². The number of ether oxygens (including phenoxy) is 1. The van der Waals surface area contributed by atoms with Crippen molar-refractivity contribution in [2.24, 2.45) is 0 Å². The lowest BCUT2D eigenvalue weighted by atomic mass is 10.1. The molecule has 0 saturated carbocycles. The molecule has 0 atom stereocenters. The Morgan fingerprint density at radius 1 is 0.710 bits per heavy atom. The van der Waals surface area contributed by atoms with Gasteiger partial charge in [-0.15, -0.1) is 0 Å². The molecule has 0 N–H and O–H groups in total. The lowest BCUT2D eigenvalue weighted by molar-refractivity contribution is 0.344. The standard InChI is InChI=1S/C28H25O2S/c1-31-19-18-29-26-16-14-22(15-17-26)12-13-23-20-27(24-8-4-2-5-9-24)30-28(21-23)25-10-6-3-7-11-25/h2-17,20-21H,18-19H2,1H3/q+1/b13-12+. The molecule has 3 heteroatoms. The lowest BCUT2D eigenvalue weighted by Gasteiger charge is -2.04. The van der Waals surface area contributed by atoms with E-state index >= 15 is 0 Å². The highest BCUT2D eigenvalue weighted by Gasteiger charge is 2.18. The van der Waals surface area contributed by atoms with Gasteiger partial charge < -0.3 is 4.74 Å². The fraction of sp³-hybridized carbons (Fsp3) is 0.107. The van der Waals surface area contributed by atoms with E-state index in [1.165, 1.54) is 0 Å². The second kappa shape index (κ2) is 10.6. The van der Waals surface area contributed by atoms with Gasteiger partial charge >= 0.3 is 11.5 Å². The molecule has 1 heterocycles. The minimum atomic E-state index is 0.731. The van der Waals surface area contributed by atoms with Crippen LogP contribution in [0.15, 0.2) is 101 Å². The Hall–Kier alpha value is -3.30. The minimum absolute atomic E-state index is 0.731. The largest absolute Gasteiger partial charge is 0.493 e.